The Morgan fingerprint density at radius 2 is 1.52 bits per heavy atom. The van der Waals surface area contributed by atoms with Crippen molar-refractivity contribution in [3.05, 3.63) is 54.1 Å². The summed E-state index contributed by atoms with van der Waals surface area (Å²) in [6.45, 7) is 0. The van der Waals surface area contributed by atoms with Crippen LogP contribution in [0.3, 0.4) is 0 Å². The molecule has 1 aliphatic rings. The lowest BCUT2D eigenvalue weighted by Gasteiger charge is -2.31. The number of amides is 1. The van der Waals surface area contributed by atoms with E-state index in [1.165, 1.54) is 0 Å². The summed E-state index contributed by atoms with van der Waals surface area (Å²) in [7, 11) is 0. The number of ether oxygens (including phenoxy) is 1. The average molecular weight is 363 g/mol. The number of carbonyl (C=O) groups is 2. The van der Waals surface area contributed by atoms with Crippen molar-refractivity contribution in [1.82, 2.24) is 0 Å². The maximum Gasteiger partial charge on any atom is 0.228 e. The Morgan fingerprint density at radius 3 is 2.07 bits per heavy atom. The van der Waals surface area contributed by atoms with Crippen LogP contribution < -0.4 is 15.2 Å². The fraction of sp³-hybridized carbons (Fsp3) is 0.286. The number of nitrogens with one attached hydrogen (secondary N) is 1. The minimum atomic E-state index is -1.15. The molecule has 2 aromatic carbocycles. The van der Waals surface area contributed by atoms with E-state index in [2.05, 4.69) is 5.32 Å². The number of hydrogen-bond acceptors (Lipinski definition) is 5. The summed E-state index contributed by atoms with van der Waals surface area (Å²) in [6, 6.07) is 15.6. The quantitative estimate of drug-likeness (QED) is 0.880. The van der Waals surface area contributed by atoms with Crippen LogP contribution in [0.25, 0.3) is 0 Å². The number of carbonyl (C=O) groups excluding carboxylic acids is 2. The number of aliphatic carboxylic acids is 1. The monoisotopic (exact) mass is 363 g/mol. The lowest BCUT2D eigenvalue weighted by Crippen LogP contribution is -2.42. The van der Waals surface area contributed by atoms with Gasteiger partial charge in [0, 0.05) is 23.5 Å². The molecule has 0 heterocycles. The van der Waals surface area contributed by atoms with Gasteiger partial charge in [-0.15, -0.1) is 0 Å². The van der Waals surface area contributed by atoms with Gasteiger partial charge in [-0.05, 0) is 61.4 Å². The summed E-state index contributed by atoms with van der Waals surface area (Å²) in [5.41, 5.74) is 1.13. The number of anilines is 1. The predicted octanol–water partition coefficient (Wildman–Crippen LogP) is 2.85. The minimum Gasteiger partial charge on any atom is -0.550 e. The second kappa shape index (κ2) is 8.37. The van der Waals surface area contributed by atoms with Gasteiger partial charge in [0.15, 0.2) is 0 Å². The van der Waals surface area contributed by atoms with Crippen molar-refractivity contribution in [2.75, 3.05) is 5.32 Å². The molecule has 0 saturated heterocycles. The second-order valence-electron chi connectivity index (χ2n) is 6.57. The Bertz CT molecular complexity index is 853. The molecule has 2 unspecified atom stereocenters. The fourth-order valence-electron chi connectivity index (χ4n) is 3.30. The van der Waals surface area contributed by atoms with Crippen LogP contribution in [-0.4, -0.2) is 11.9 Å². The molecule has 0 aromatic heterocycles. The maximum absolute atomic E-state index is 12.5. The van der Waals surface area contributed by atoms with Crippen molar-refractivity contribution in [3.63, 3.8) is 0 Å². The van der Waals surface area contributed by atoms with E-state index >= 15 is 0 Å². The van der Waals surface area contributed by atoms with E-state index in [1.54, 1.807) is 48.5 Å². The van der Waals surface area contributed by atoms with Crippen LogP contribution in [0.4, 0.5) is 5.69 Å². The zero-order valence-corrected chi connectivity index (χ0v) is 14.7. The van der Waals surface area contributed by atoms with Gasteiger partial charge in [-0.3, -0.25) is 4.79 Å². The number of benzene rings is 2. The molecule has 6 nitrogen and oxygen atoms in total. The third-order valence-electron chi connectivity index (χ3n) is 4.75. The van der Waals surface area contributed by atoms with Gasteiger partial charge < -0.3 is 20.0 Å². The largest absolute Gasteiger partial charge is 0.550 e. The van der Waals surface area contributed by atoms with Gasteiger partial charge in [0.2, 0.25) is 5.91 Å². The SMILES string of the molecule is N#Cc1ccc(Oc2ccc(NC(=O)C3CCCCC3C(=O)[O-])cc2)cc1. The van der Waals surface area contributed by atoms with Gasteiger partial charge in [0.05, 0.1) is 11.6 Å². The summed E-state index contributed by atoms with van der Waals surface area (Å²) < 4.78 is 5.69. The summed E-state index contributed by atoms with van der Waals surface area (Å²) in [5, 5.41) is 22.8. The van der Waals surface area contributed by atoms with Crippen molar-refractivity contribution in [3.8, 4) is 17.6 Å². The molecule has 27 heavy (non-hydrogen) atoms. The molecular formula is C21H19N2O4-. The Hall–Kier alpha value is -3.33. The standard InChI is InChI=1S/C21H20N2O4/c22-13-14-5-9-16(10-6-14)27-17-11-7-15(8-12-17)23-20(24)18-3-1-2-4-19(18)21(25)26/h5-12,18-19H,1-4H2,(H,23,24)(H,25,26)/p-1. The highest BCUT2D eigenvalue weighted by Crippen LogP contribution is 2.31. The second-order valence-corrected chi connectivity index (χ2v) is 6.57. The number of hydrogen-bond donors (Lipinski definition) is 1. The molecule has 2 aromatic rings. The van der Waals surface area contributed by atoms with Crippen LogP contribution in [0.2, 0.25) is 0 Å². The average Bonchev–Trinajstić information content (AvgIpc) is 2.70. The van der Waals surface area contributed by atoms with E-state index in [0.29, 0.717) is 35.6 Å². The number of nitriles is 1. The Morgan fingerprint density at radius 1 is 0.963 bits per heavy atom. The number of carboxylic acids is 1. The molecule has 0 spiro atoms. The first-order chi connectivity index (χ1) is 13.1. The molecule has 6 heteroatoms. The molecule has 1 aliphatic carbocycles. The number of rotatable bonds is 5. The summed E-state index contributed by atoms with van der Waals surface area (Å²) >= 11 is 0. The van der Waals surface area contributed by atoms with Gasteiger partial charge in [0.1, 0.15) is 11.5 Å². The topological polar surface area (TPSA) is 102 Å². The molecule has 1 saturated carbocycles. The highest BCUT2D eigenvalue weighted by atomic mass is 16.5. The summed E-state index contributed by atoms with van der Waals surface area (Å²) in [4.78, 5) is 23.7. The lowest BCUT2D eigenvalue weighted by atomic mass is 9.78. The molecule has 138 valence electrons. The van der Waals surface area contributed by atoms with Gasteiger partial charge in [-0.1, -0.05) is 12.8 Å². The third kappa shape index (κ3) is 4.64. The van der Waals surface area contributed by atoms with Crippen LogP contribution in [0.1, 0.15) is 31.2 Å². The first-order valence-corrected chi connectivity index (χ1v) is 8.86. The van der Waals surface area contributed by atoms with E-state index in [4.69, 9.17) is 10.00 Å². The molecule has 1 N–H and O–H groups in total. The third-order valence-corrected chi connectivity index (χ3v) is 4.75. The van der Waals surface area contributed by atoms with Crippen molar-refractivity contribution >= 4 is 17.6 Å². The normalized spacial score (nSPS) is 18.9. The molecule has 0 radical (unpaired) electrons. The molecular weight excluding hydrogens is 344 g/mol. The Labute approximate surface area is 157 Å². The predicted molar refractivity (Wildman–Crippen MR) is 96.8 cm³/mol. The van der Waals surface area contributed by atoms with Gasteiger partial charge in [-0.2, -0.15) is 5.26 Å². The van der Waals surface area contributed by atoms with Crippen LogP contribution >= 0.6 is 0 Å². The fourth-order valence-corrected chi connectivity index (χ4v) is 3.30. The van der Waals surface area contributed by atoms with Crippen molar-refractivity contribution in [2.24, 2.45) is 11.8 Å². The van der Waals surface area contributed by atoms with Gasteiger partial charge in [0.25, 0.3) is 0 Å². The first-order valence-electron chi connectivity index (χ1n) is 8.86. The molecule has 2 atom stereocenters. The Kier molecular flexibility index (Phi) is 5.72. The van der Waals surface area contributed by atoms with E-state index in [9.17, 15) is 14.7 Å². The van der Waals surface area contributed by atoms with Crippen LogP contribution in [-0.2, 0) is 9.59 Å². The zero-order valence-electron chi connectivity index (χ0n) is 14.7. The lowest BCUT2D eigenvalue weighted by molar-refractivity contribution is -0.313. The minimum absolute atomic E-state index is 0.287. The highest BCUT2D eigenvalue weighted by molar-refractivity contribution is 5.95. The molecule has 1 amide bonds. The summed E-state index contributed by atoms with van der Waals surface area (Å²) in [5.74, 6) is -1.53. The number of nitrogens with zero attached hydrogens (tertiary/aromatic N) is 1. The van der Waals surface area contributed by atoms with Crippen molar-refractivity contribution < 1.29 is 19.4 Å². The molecule has 1 fully saturated rings. The Balaban J connectivity index is 1.62. The molecule has 0 aliphatic heterocycles. The molecule has 3 rings (SSSR count). The van der Waals surface area contributed by atoms with E-state index in [0.717, 1.165) is 12.8 Å². The van der Waals surface area contributed by atoms with E-state index in [1.807, 2.05) is 6.07 Å². The maximum atomic E-state index is 12.5. The highest BCUT2D eigenvalue weighted by Gasteiger charge is 2.31. The van der Waals surface area contributed by atoms with Crippen LogP contribution in [0.15, 0.2) is 48.5 Å². The van der Waals surface area contributed by atoms with Gasteiger partial charge >= 0.3 is 0 Å². The van der Waals surface area contributed by atoms with Crippen molar-refractivity contribution in [1.29, 1.82) is 5.26 Å². The first kappa shape index (κ1) is 18.5. The van der Waals surface area contributed by atoms with Gasteiger partial charge in [-0.25, -0.2) is 0 Å². The summed E-state index contributed by atoms with van der Waals surface area (Å²) in [6.07, 6.45) is 2.70. The van der Waals surface area contributed by atoms with Crippen LogP contribution in [0, 0.1) is 23.2 Å². The number of carboxylic acid groups (broad SMARTS) is 1. The molecule has 0 bridgehead atoms. The smallest absolute Gasteiger partial charge is 0.228 e. The zero-order chi connectivity index (χ0) is 19.2. The van der Waals surface area contributed by atoms with Crippen molar-refractivity contribution in [2.45, 2.75) is 25.7 Å². The van der Waals surface area contributed by atoms with E-state index in [-0.39, 0.29) is 5.91 Å². The van der Waals surface area contributed by atoms with E-state index < -0.39 is 17.8 Å². The van der Waals surface area contributed by atoms with Crippen LogP contribution in [0.5, 0.6) is 11.5 Å².